The molecule has 0 saturated carbocycles. The lowest BCUT2D eigenvalue weighted by Gasteiger charge is -2.25. The number of ether oxygens (including phenoxy) is 2. The fraction of sp³-hybridized carbons (Fsp3) is 0.667. The van der Waals surface area contributed by atoms with Crippen LogP contribution in [0, 0.1) is 5.92 Å². The lowest BCUT2D eigenvalue weighted by molar-refractivity contribution is 0.244. The van der Waals surface area contributed by atoms with Crippen LogP contribution in [-0.2, 0) is 19.3 Å². The molecule has 3 unspecified atom stereocenters. The van der Waals surface area contributed by atoms with Crippen LogP contribution in [0.2, 0.25) is 0 Å². The van der Waals surface area contributed by atoms with Gasteiger partial charge in [0.15, 0.2) is 11.5 Å². The maximum Gasteiger partial charge on any atom is 0.165 e. The Kier molecular flexibility index (Phi) is 3.44. The highest BCUT2D eigenvalue weighted by atomic mass is 16.5. The predicted molar refractivity (Wildman–Crippen MR) is 85.0 cm³/mol. The number of hydrogen-bond donors (Lipinski definition) is 2. The van der Waals surface area contributed by atoms with Gasteiger partial charge in [0.25, 0.3) is 0 Å². The summed E-state index contributed by atoms with van der Waals surface area (Å²) in [5, 5.41) is 14.1. The molecule has 3 aliphatic heterocycles. The lowest BCUT2D eigenvalue weighted by atomic mass is 9.87. The molecule has 1 fully saturated rings. The largest absolute Gasteiger partial charge is 0.504 e. The van der Waals surface area contributed by atoms with Crippen molar-refractivity contribution in [2.45, 2.75) is 58.2 Å². The van der Waals surface area contributed by atoms with Crippen molar-refractivity contribution in [3.8, 4) is 17.2 Å². The number of benzene rings is 1. The fourth-order valence-electron chi connectivity index (χ4n) is 4.18. The van der Waals surface area contributed by atoms with Gasteiger partial charge in [-0.15, -0.1) is 0 Å². The third-order valence-electron chi connectivity index (χ3n) is 5.20. The van der Waals surface area contributed by atoms with Crippen LogP contribution >= 0.6 is 0 Å². The van der Waals surface area contributed by atoms with Crippen LogP contribution in [0.25, 0.3) is 0 Å². The Balaban J connectivity index is 1.76. The van der Waals surface area contributed by atoms with Crippen molar-refractivity contribution in [1.82, 2.24) is 5.32 Å². The van der Waals surface area contributed by atoms with Crippen molar-refractivity contribution in [2.75, 3.05) is 13.1 Å². The zero-order chi connectivity index (χ0) is 15.3. The first kappa shape index (κ1) is 14.2. The Hall–Kier alpha value is -1.42. The maximum absolute atomic E-state index is 10.6. The molecule has 22 heavy (non-hydrogen) atoms. The first-order chi connectivity index (χ1) is 10.6. The number of nitrogens with one attached hydrogen (secondary N) is 1. The molecule has 4 heteroatoms. The highest BCUT2D eigenvalue weighted by molar-refractivity contribution is 5.65. The summed E-state index contributed by atoms with van der Waals surface area (Å²) in [5.74, 6) is 2.65. The Bertz CT molecular complexity index is 553. The van der Waals surface area contributed by atoms with Gasteiger partial charge in [0, 0.05) is 29.5 Å². The summed E-state index contributed by atoms with van der Waals surface area (Å²) in [6, 6.07) is 0. The number of rotatable bonds is 2. The summed E-state index contributed by atoms with van der Waals surface area (Å²) in [5.41, 5.74) is 3.44. The second kappa shape index (κ2) is 5.34. The molecule has 0 radical (unpaired) electrons. The standard InChI is InChI=1S/C18H25NO3/c1-10-6-13-14(8-12-4-3-5-19-9-12)17-15(7-11(2)21-17)16(20)18(13)22-10/h10-12,19-20H,3-9H2,1-2H3. The van der Waals surface area contributed by atoms with E-state index in [1.807, 2.05) is 0 Å². The molecule has 1 aromatic rings. The van der Waals surface area contributed by atoms with Crippen LogP contribution in [0.1, 0.15) is 43.4 Å². The molecular weight excluding hydrogens is 278 g/mol. The molecule has 0 aliphatic carbocycles. The van der Waals surface area contributed by atoms with Crippen molar-refractivity contribution in [3.05, 3.63) is 16.7 Å². The first-order valence-corrected chi connectivity index (χ1v) is 8.57. The third-order valence-corrected chi connectivity index (χ3v) is 5.20. The van der Waals surface area contributed by atoms with Crippen LogP contribution in [-0.4, -0.2) is 30.4 Å². The highest BCUT2D eigenvalue weighted by Gasteiger charge is 2.36. The van der Waals surface area contributed by atoms with E-state index in [0.29, 0.717) is 11.7 Å². The molecule has 1 saturated heterocycles. The van der Waals surface area contributed by atoms with E-state index >= 15 is 0 Å². The van der Waals surface area contributed by atoms with Gasteiger partial charge >= 0.3 is 0 Å². The van der Waals surface area contributed by atoms with Crippen molar-refractivity contribution < 1.29 is 14.6 Å². The van der Waals surface area contributed by atoms with Crippen LogP contribution < -0.4 is 14.8 Å². The van der Waals surface area contributed by atoms with Crippen LogP contribution in [0.5, 0.6) is 17.2 Å². The van der Waals surface area contributed by atoms with Gasteiger partial charge in [0.2, 0.25) is 0 Å². The van der Waals surface area contributed by atoms with Gasteiger partial charge in [-0.2, -0.15) is 0 Å². The SMILES string of the molecule is CC1Cc2c(CC3CCCNC3)c3c(c(O)c2O1)CC(C)O3. The van der Waals surface area contributed by atoms with Gasteiger partial charge in [-0.05, 0) is 52.1 Å². The number of phenolic OH excluding ortho intramolecular Hbond substituents is 1. The van der Waals surface area contributed by atoms with E-state index in [9.17, 15) is 5.11 Å². The molecule has 1 aromatic carbocycles. The quantitative estimate of drug-likeness (QED) is 0.882. The van der Waals surface area contributed by atoms with Gasteiger partial charge in [0.05, 0.1) is 0 Å². The molecule has 4 nitrogen and oxygen atoms in total. The Morgan fingerprint density at radius 1 is 1.09 bits per heavy atom. The summed E-state index contributed by atoms with van der Waals surface area (Å²) >= 11 is 0. The number of piperidine rings is 1. The number of phenols is 1. The number of aromatic hydroxyl groups is 1. The zero-order valence-electron chi connectivity index (χ0n) is 13.4. The van der Waals surface area contributed by atoms with Gasteiger partial charge in [-0.3, -0.25) is 0 Å². The number of hydrogen-bond acceptors (Lipinski definition) is 4. The third kappa shape index (κ3) is 2.24. The molecule has 0 bridgehead atoms. The van der Waals surface area contributed by atoms with E-state index in [1.165, 1.54) is 24.0 Å². The minimum Gasteiger partial charge on any atom is -0.504 e. The minimum absolute atomic E-state index is 0.143. The molecule has 0 amide bonds. The van der Waals surface area contributed by atoms with Crippen molar-refractivity contribution in [1.29, 1.82) is 0 Å². The molecule has 3 atom stereocenters. The molecule has 120 valence electrons. The average molecular weight is 303 g/mol. The van der Waals surface area contributed by atoms with Crippen LogP contribution in [0.4, 0.5) is 0 Å². The minimum atomic E-state index is 0.143. The van der Waals surface area contributed by atoms with Crippen molar-refractivity contribution in [3.63, 3.8) is 0 Å². The smallest absolute Gasteiger partial charge is 0.165 e. The van der Waals surface area contributed by atoms with E-state index in [2.05, 4.69) is 19.2 Å². The van der Waals surface area contributed by atoms with E-state index in [1.54, 1.807) is 0 Å². The monoisotopic (exact) mass is 303 g/mol. The van der Waals surface area contributed by atoms with E-state index in [4.69, 9.17) is 9.47 Å². The maximum atomic E-state index is 10.6. The lowest BCUT2D eigenvalue weighted by Crippen LogP contribution is -2.31. The van der Waals surface area contributed by atoms with Gasteiger partial charge in [0.1, 0.15) is 18.0 Å². The van der Waals surface area contributed by atoms with E-state index < -0.39 is 0 Å². The molecule has 0 aromatic heterocycles. The summed E-state index contributed by atoms with van der Waals surface area (Å²) in [6.07, 6.45) is 5.49. The van der Waals surface area contributed by atoms with E-state index in [-0.39, 0.29) is 12.2 Å². The first-order valence-electron chi connectivity index (χ1n) is 8.57. The summed E-state index contributed by atoms with van der Waals surface area (Å²) in [7, 11) is 0. The van der Waals surface area contributed by atoms with Gasteiger partial charge in [-0.25, -0.2) is 0 Å². The normalized spacial score (nSPS) is 29.6. The van der Waals surface area contributed by atoms with Crippen molar-refractivity contribution >= 4 is 0 Å². The van der Waals surface area contributed by atoms with Crippen molar-refractivity contribution in [2.24, 2.45) is 5.92 Å². The second-order valence-electron chi connectivity index (χ2n) is 7.12. The predicted octanol–water partition coefficient (Wildman–Crippen LogP) is 2.58. The number of fused-ring (bicyclic) bond motifs is 2. The van der Waals surface area contributed by atoms with Crippen LogP contribution in [0.15, 0.2) is 0 Å². The summed E-state index contributed by atoms with van der Waals surface area (Å²) < 4.78 is 12.0. The molecule has 2 N–H and O–H groups in total. The second-order valence-corrected chi connectivity index (χ2v) is 7.12. The van der Waals surface area contributed by atoms with Crippen LogP contribution in [0.3, 0.4) is 0 Å². The zero-order valence-corrected chi connectivity index (χ0v) is 13.4. The van der Waals surface area contributed by atoms with Gasteiger partial charge < -0.3 is 19.9 Å². The molecular formula is C18H25NO3. The van der Waals surface area contributed by atoms with E-state index in [0.717, 1.165) is 49.4 Å². The Morgan fingerprint density at radius 2 is 1.82 bits per heavy atom. The molecule has 0 spiro atoms. The molecule has 4 rings (SSSR count). The Morgan fingerprint density at radius 3 is 2.55 bits per heavy atom. The van der Waals surface area contributed by atoms with Gasteiger partial charge in [-0.1, -0.05) is 0 Å². The fourth-order valence-corrected chi connectivity index (χ4v) is 4.18. The Labute approximate surface area is 131 Å². The highest BCUT2D eigenvalue weighted by Crippen LogP contribution is 2.51. The molecule has 3 heterocycles. The topological polar surface area (TPSA) is 50.7 Å². The summed E-state index contributed by atoms with van der Waals surface area (Å²) in [6.45, 7) is 6.35. The summed E-state index contributed by atoms with van der Waals surface area (Å²) in [4.78, 5) is 0. The molecule has 3 aliphatic rings. The average Bonchev–Trinajstić information content (AvgIpc) is 3.08.